The van der Waals surface area contributed by atoms with Crippen LogP contribution in [0, 0.1) is 0 Å². The molecule has 0 saturated carbocycles. The van der Waals surface area contributed by atoms with Crippen molar-refractivity contribution in [2.75, 3.05) is 25.0 Å². The number of hydrogen-bond acceptors (Lipinski definition) is 6. The monoisotopic (exact) mass is 392 g/mol. The number of likely N-dealkylation sites (tertiary alicyclic amines) is 1. The van der Waals surface area contributed by atoms with Crippen LogP contribution in [-0.2, 0) is 11.2 Å². The molecule has 1 amide bonds. The topological polar surface area (TPSA) is 96.0 Å². The number of aryl methyl sites for hydroxylation is 1. The van der Waals surface area contributed by atoms with E-state index in [1.54, 1.807) is 4.90 Å². The summed E-state index contributed by atoms with van der Waals surface area (Å²) in [5.41, 5.74) is 1.43. The van der Waals surface area contributed by atoms with Crippen LogP contribution in [0.15, 0.2) is 49.3 Å². The van der Waals surface area contributed by atoms with Gasteiger partial charge >= 0.3 is 0 Å². The van der Waals surface area contributed by atoms with E-state index in [9.17, 15) is 4.79 Å². The van der Waals surface area contributed by atoms with Crippen LogP contribution in [0.2, 0.25) is 0 Å². The van der Waals surface area contributed by atoms with E-state index in [4.69, 9.17) is 4.74 Å². The SMILES string of the molecule is C=CC(=O)N1CCC(Nc2ncnc3[nH]c(CCCOc4ccccc4)nc23)C1. The Morgan fingerprint density at radius 1 is 1.34 bits per heavy atom. The summed E-state index contributed by atoms with van der Waals surface area (Å²) in [6.45, 7) is 5.51. The van der Waals surface area contributed by atoms with E-state index in [0.717, 1.165) is 36.4 Å². The van der Waals surface area contributed by atoms with Crippen LogP contribution in [0.3, 0.4) is 0 Å². The second-order valence-corrected chi connectivity index (χ2v) is 6.99. The average Bonchev–Trinajstić information content (AvgIpc) is 3.39. The van der Waals surface area contributed by atoms with Crippen molar-refractivity contribution in [3.8, 4) is 5.75 Å². The van der Waals surface area contributed by atoms with E-state index in [2.05, 4.69) is 31.8 Å². The highest BCUT2D eigenvalue weighted by molar-refractivity contribution is 5.87. The summed E-state index contributed by atoms with van der Waals surface area (Å²) in [6, 6.07) is 9.91. The fourth-order valence-corrected chi connectivity index (χ4v) is 3.45. The zero-order chi connectivity index (χ0) is 20.1. The molecule has 2 aromatic heterocycles. The number of amides is 1. The number of carbonyl (C=O) groups is 1. The third-order valence-corrected chi connectivity index (χ3v) is 4.92. The Hall–Kier alpha value is -3.42. The number of para-hydroxylation sites is 1. The number of nitrogens with one attached hydrogen (secondary N) is 2. The number of ether oxygens (including phenoxy) is 1. The van der Waals surface area contributed by atoms with Crippen LogP contribution in [0.25, 0.3) is 11.2 Å². The largest absolute Gasteiger partial charge is 0.494 e. The molecule has 3 heterocycles. The van der Waals surface area contributed by atoms with Crippen molar-refractivity contribution in [3.05, 3.63) is 55.1 Å². The third-order valence-electron chi connectivity index (χ3n) is 4.92. The lowest BCUT2D eigenvalue weighted by molar-refractivity contribution is -0.125. The molecule has 1 fully saturated rings. The van der Waals surface area contributed by atoms with Gasteiger partial charge in [-0.25, -0.2) is 15.0 Å². The number of hydrogen-bond donors (Lipinski definition) is 2. The number of imidazole rings is 1. The quantitative estimate of drug-likeness (QED) is 0.452. The number of rotatable bonds is 8. The number of carbonyl (C=O) groups excluding carboxylic acids is 1. The molecule has 1 unspecified atom stereocenters. The molecule has 0 radical (unpaired) electrons. The second-order valence-electron chi connectivity index (χ2n) is 6.99. The molecule has 0 spiro atoms. The fourth-order valence-electron chi connectivity index (χ4n) is 3.45. The number of aromatic nitrogens is 4. The third kappa shape index (κ3) is 4.53. The van der Waals surface area contributed by atoms with Gasteiger partial charge < -0.3 is 19.9 Å². The molecule has 1 atom stereocenters. The maximum Gasteiger partial charge on any atom is 0.246 e. The van der Waals surface area contributed by atoms with Gasteiger partial charge in [-0.3, -0.25) is 4.79 Å². The first-order valence-corrected chi connectivity index (χ1v) is 9.78. The number of H-pyrrole nitrogens is 1. The summed E-state index contributed by atoms with van der Waals surface area (Å²) >= 11 is 0. The van der Waals surface area contributed by atoms with Gasteiger partial charge in [0.05, 0.1) is 6.61 Å². The average molecular weight is 392 g/mol. The zero-order valence-corrected chi connectivity index (χ0v) is 16.2. The molecular formula is C21H24N6O2. The van der Waals surface area contributed by atoms with E-state index >= 15 is 0 Å². The minimum Gasteiger partial charge on any atom is -0.494 e. The molecule has 1 aliphatic rings. The van der Waals surface area contributed by atoms with Gasteiger partial charge in [0.15, 0.2) is 17.0 Å². The first kappa shape index (κ1) is 18.9. The molecule has 2 N–H and O–H groups in total. The van der Waals surface area contributed by atoms with Crippen LogP contribution < -0.4 is 10.1 Å². The lowest BCUT2D eigenvalue weighted by Crippen LogP contribution is -2.30. The predicted molar refractivity (Wildman–Crippen MR) is 111 cm³/mol. The highest BCUT2D eigenvalue weighted by Crippen LogP contribution is 2.21. The summed E-state index contributed by atoms with van der Waals surface area (Å²) in [7, 11) is 0. The van der Waals surface area contributed by atoms with Gasteiger partial charge in [0.25, 0.3) is 0 Å². The normalized spacial score (nSPS) is 16.1. The molecule has 8 nitrogen and oxygen atoms in total. The minimum atomic E-state index is -0.0399. The van der Waals surface area contributed by atoms with E-state index in [1.807, 2.05) is 30.3 Å². The Bertz CT molecular complexity index is 987. The van der Waals surface area contributed by atoms with Gasteiger partial charge in [0, 0.05) is 25.6 Å². The van der Waals surface area contributed by atoms with Crippen LogP contribution in [0.4, 0.5) is 5.82 Å². The first-order valence-electron chi connectivity index (χ1n) is 9.78. The predicted octanol–water partition coefficient (Wildman–Crippen LogP) is 2.56. The summed E-state index contributed by atoms with van der Waals surface area (Å²) in [5, 5.41) is 3.41. The van der Waals surface area contributed by atoms with E-state index < -0.39 is 0 Å². The standard InChI is InChI=1S/C21H24N6O2/c1-2-18(28)27-11-10-15(13-27)24-20-19-21(23-14-22-20)26-17(25-19)9-6-12-29-16-7-4-3-5-8-16/h2-5,7-8,14-15H,1,6,9-13H2,(H2,22,23,24,25,26). The highest BCUT2D eigenvalue weighted by Gasteiger charge is 2.25. The molecule has 0 aliphatic carbocycles. The van der Waals surface area contributed by atoms with Crippen LogP contribution in [0.5, 0.6) is 5.75 Å². The van der Waals surface area contributed by atoms with E-state index in [-0.39, 0.29) is 11.9 Å². The molecule has 8 heteroatoms. The number of aromatic amines is 1. The molecule has 1 aromatic carbocycles. The molecule has 150 valence electrons. The number of benzene rings is 1. The van der Waals surface area contributed by atoms with Crippen molar-refractivity contribution in [2.45, 2.75) is 25.3 Å². The van der Waals surface area contributed by atoms with Crippen LogP contribution >= 0.6 is 0 Å². The number of nitrogens with zero attached hydrogens (tertiary/aromatic N) is 4. The van der Waals surface area contributed by atoms with Gasteiger partial charge in [0.1, 0.15) is 17.9 Å². The molecule has 3 aromatic rings. The van der Waals surface area contributed by atoms with Gasteiger partial charge in [-0.1, -0.05) is 24.8 Å². The van der Waals surface area contributed by atoms with Crippen molar-refractivity contribution < 1.29 is 9.53 Å². The van der Waals surface area contributed by atoms with E-state index in [1.165, 1.54) is 12.4 Å². The van der Waals surface area contributed by atoms with Crippen LogP contribution in [-0.4, -0.2) is 56.5 Å². The van der Waals surface area contributed by atoms with Gasteiger partial charge in [-0.05, 0) is 31.1 Å². The maximum atomic E-state index is 11.8. The Kier molecular flexibility index (Phi) is 5.69. The van der Waals surface area contributed by atoms with Gasteiger partial charge in [-0.15, -0.1) is 0 Å². The van der Waals surface area contributed by atoms with Crippen molar-refractivity contribution in [3.63, 3.8) is 0 Å². The van der Waals surface area contributed by atoms with Crippen molar-refractivity contribution >= 4 is 22.9 Å². The number of fused-ring (bicyclic) bond motifs is 1. The molecule has 4 rings (SSSR count). The lowest BCUT2D eigenvalue weighted by atomic mass is 10.2. The molecular weight excluding hydrogens is 368 g/mol. The Morgan fingerprint density at radius 2 is 2.21 bits per heavy atom. The molecule has 1 aliphatic heterocycles. The minimum absolute atomic E-state index is 0.0399. The highest BCUT2D eigenvalue weighted by atomic mass is 16.5. The van der Waals surface area contributed by atoms with Crippen molar-refractivity contribution in [1.82, 2.24) is 24.8 Å². The summed E-state index contributed by atoms with van der Waals surface area (Å²) < 4.78 is 5.73. The smallest absolute Gasteiger partial charge is 0.246 e. The fraction of sp³-hybridized carbons (Fsp3) is 0.333. The van der Waals surface area contributed by atoms with Gasteiger partial charge in [0.2, 0.25) is 5.91 Å². The molecule has 1 saturated heterocycles. The first-order chi connectivity index (χ1) is 14.2. The molecule has 29 heavy (non-hydrogen) atoms. The van der Waals surface area contributed by atoms with Gasteiger partial charge in [-0.2, -0.15) is 0 Å². The van der Waals surface area contributed by atoms with Crippen LogP contribution in [0.1, 0.15) is 18.7 Å². The Labute approximate surface area is 169 Å². The lowest BCUT2D eigenvalue weighted by Gasteiger charge is -2.15. The Morgan fingerprint density at radius 3 is 3.03 bits per heavy atom. The van der Waals surface area contributed by atoms with Crippen molar-refractivity contribution in [1.29, 1.82) is 0 Å². The summed E-state index contributed by atoms with van der Waals surface area (Å²) in [4.78, 5) is 30.1. The summed E-state index contributed by atoms with van der Waals surface area (Å²) in [5.74, 6) is 2.38. The zero-order valence-electron chi connectivity index (χ0n) is 16.2. The number of anilines is 1. The summed E-state index contributed by atoms with van der Waals surface area (Å²) in [6.07, 6.45) is 5.33. The van der Waals surface area contributed by atoms with Crippen molar-refractivity contribution in [2.24, 2.45) is 0 Å². The van der Waals surface area contributed by atoms with E-state index in [0.29, 0.717) is 31.2 Å². The molecule has 0 bridgehead atoms. The Balaban J connectivity index is 1.36. The second kappa shape index (κ2) is 8.72. The maximum absolute atomic E-state index is 11.8.